The standard InChI is InChI=1S/C16H18N2O/c1-12-7-3-5-9-15(12)17-11-14-8-4-6-10-16(14)18-13(2)19/h3-10,17H,11H2,1-2H3,(H,18,19). The molecule has 2 aromatic rings. The first kappa shape index (κ1) is 13.1. The highest BCUT2D eigenvalue weighted by molar-refractivity contribution is 5.89. The van der Waals surface area contributed by atoms with Crippen LogP contribution >= 0.6 is 0 Å². The quantitative estimate of drug-likeness (QED) is 0.875. The van der Waals surface area contributed by atoms with Crippen molar-refractivity contribution in [3.8, 4) is 0 Å². The average Bonchev–Trinajstić information content (AvgIpc) is 2.39. The monoisotopic (exact) mass is 254 g/mol. The Morgan fingerprint density at radius 2 is 1.63 bits per heavy atom. The summed E-state index contributed by atoms with van der Waals surface area (Å²) in [5.41, 5.74) is 4.25. The normalized spacial score (nSPS) is 10.0. The SMILES string of the molecule is CC(=O)Nc1ccccc1CNc1ccccc1C. The van der Waals surface area contributed by atoms with Gasteiger partial charge in [-0.15, -0.1) is 0 Å². The van der Waals surface area contributed by atoms with Crippen molar-refractivity contribution in [3.05, 3.63) is 59.7 Å². The van der Waals surface area contributed by atoms with E-state index in [9.17, 15) is 4.79 Å². The Hall–Kier alpha value is -2.29. The van der Waals surface area contributed by atoms with Crippen molar-refractivity contribution in [2.24, 2.45) is 0 Å². The summed E-state index contributed by atoms with van der Waals surface area (Å²) in [4.78, 5) is 11.2. The predicted octanol–water partition coefficient (Wildman–Crippen LogP) is 3.57. The molecule has 2 rings (SSSR count). The lowest BCUT2D eigenvalue weighted by Gasteiger charge is -2.13. The summed E-state index contributed by atoms with van der Waals surface area (Å²) < 4.78 is 0. The summed E-state index contributed by atoms with van der Waals surface area (Å²) in [5, 5.41) is 6.24. The molecule has 0 heterocycles. The maximum absolute atomic E-state index is 11.2. The average molecular weight is 254 g/mol. The lowest BCUT2D eigenvalue weighted by molar-refractivity contribution is -0.114. The number of aryl methyl sites for hydroxylation is 1. The minimum atomic E-state index is -0.0525. The van der Waals surface area contributed by atoms with Crippen molar-refractivity contribution < 1.29 is 4.79 Å². The molecule has 3 heteroatoms. The molecule has 1 amide bonds. The molecule has 0 unspecified atom stereocenters. The molecule has 0 aromatic heterocycles. The molecule has 0 spiro atoms. The zero-order chi connectivity index (χ0) is 13.7. The molecule has 98 valence electrons. The fourth-order valence-electron chi connectivity index (χ4n) is 1.95. The highest BCUT2D eigenvalue weighted by atomic mass is 16.1. The third kappa shape index (κ3) is 3.58. The third-order valence-electron chi connectivity index (χ3n) is 2.94. The molecule has 0 aliphatic heterocycles. The molecule has 0 saturated carbocycles. The van der Waals surface area contributed by atoms with Gasteiger partial charge < -0.3 is 10.6 Å². The molecule has 0 aliphatic rings. The Bertz CT molecular complexity index is 578. The first-order valence-electron chi connectivity index (χ1n) is 6.32. The molecule has 0 bridgehead atoms. The number of para-hydroxylation sites is 2. The van der Waals surface area contributed by atoms with E-state index >= 15 is 0 Å². The van der Waals surface area contributed by atoms with Crippen molar-refractivity contribution in [1.29, 1.82) is 0 Å². The van der Waals surface area contributed by atoms with E-state index in [0.29, 0.717) is 6.54 Å². The van der Waals surface area contributed by atoms with Crippen LogP contribution in [0.4, 0.5) is 11.4 Å². The van der Waals surface area contributed by atoms with Crippen LogP contribution in [-0.4, -0.2) is 5.91 Å². The lowest BCUT2D eigenvalue weighted by Crippen LogP contribution is -2.10. The van der Waals surface area contributed by atoms with Crippen LogP contribution in [0.3, 0.4) is 0 Å². The van der Waals surface area contributed by atoms with Gasteiger partial charge in [0.15, 0.2) is 0 Å². The van der Waals surface area contributed by atoms with Gasteiger partial charge in [0.2, 0.25) is 5.91 Å². The van der Waals surface area contributed by atoms with Crippen LogP contribution in [0.25, 0.3) is 0 Å². The number of benzene rings is 2. The maximum Gasteiger partial charge on any atom is 0.221 e. The summed E-state index contributed by atoms with van der Waals surface area (Å²) in [5.74, 6) is -0.0525. The minimum absolute atomic E-state index is 0.0525. The Morgan fingerprint density at radius 3 is 2.32 bits per heavy atom. The van der Waals surface area contributed by atoms with E-state index in [1.807, 2.05) is 36.4 Å². The third-order valence-corrected chi connectivity index (χ3v) is 2.94. The van der Waals surface area contributed by atoms with Gasteiger partial charge in [-0.2, -0.15) is 0 Å². The van der Waals surface area contributed by atoms with Crippen molar-refractivity contribution >= 4 is 17.3 Å². The maximum atomic E-state index is 11.2. The van der Waals surface area contributed by atoms with Gasteiger partial charge in [-0.3, -0.25) is 4.79 Å². The van der Waals surface area contributed by atoms with Gasteiger partial charge in [0.25, 0.3) is 0 Å². The Balaban J connectivity index is 2.11. The number of hydrogen-bond acceptors (Lipinski definition) is 2. The van der Waals surface area contributed by atoms with Crippen LogP contribution in [0.2, 0.25) is 0 Å². The van der Waals surface area contributed by atoms with Crippen LogP contribution in [0.1, 0.15) is 18.1 Å². The van der Waals surface area contributed by atoms with Crippen LogP contribution in [0.15, 0.2) is 48.5 Å². The molecule has 19 heavy (non-hydrogen) atoms. The number of amides is 1. The number of anilines is 2. The summed E-state index contributed by atoms with van der Waals surface area (Å²) in [6.07, 6.45) is 0. The summed E-state index contributed by atoms with van der Waals surface area (Å²) in [7, 11) is 0. The molecular formula is C16H18N2O. The van der Waals surface area contributed by atoms with Gasteiger partial charge in [-0.1, -0.05) is 36.4 Å². The first-order chi connectivity index (χ1) is 9.16. The molecule has 0 fully saturated rings. The van der Waals surface area contributed by atoms with Crippen LogP contribution in [-0.2, 0) is 11.3 Å². The van der Waals surface area contributed by atoms with E-state index in [2.05, 4.69) is 29.7 Å². The van der Waals surface area contributed by atoms with E-state index in [1.54, 1.807) is 0 Å². The smallest absolute Gasteiger partial charge is 0.221 e. The van der Waals surface area contributed by atoms with Gasteiger partial charge in [-0.05, 0) is 30.2 Å². The highest BCUT2D eigenvalue weighted by Crippen LogP contribution is 2.19. The Labute approximate surface area is 113 Å². The van der Waals surface area contributed by atoms with Crippen LogP contribution in [0.5, 0.6) is 0 Å². The number of carbonyl (C=O) groups is 1. The Kier molecular flexibility index (Phi) is 4.18. The number of rotatable bonds is 4. The first-order valence-corrected chi connectivity index (χ1v) is 6.32. The van der Waals surface area contributed by atoms with E-state index in [1.165, 1.54) is 12.5 Å². The molecule has 0 aliphatic carbocycles. The van der Waals surface area contributed by atoms with Crippen LogP contribution < -0.4 is 10.6 Å². The Morgan fingerprint density at radius 1 is 1.00 bits per heavy atom. The topological polar surface area (TPSA) is 41.1 Å². The van der Waals surface area contributed by atoms with Gasteiger partial charge in [0.05, 0.1) is 0 Å². The predicted molar refractivity (Wildman–Crippen MR) is 79.3 cm³/mol. The minimum Gasteiger partial charge on any atom is -0.381 e. The second kappa shape index (κ2) is 6.05. The lowest BCUT2D eigenvalue weighted by atomic mass is 10.1. The molecular weight excluding hydrogens is 236 g/mol. The van der Waals surface area contributed by atoms with Gasteiger partial charge in [-0.25, -0.2) is 0 Å². The van der Waals surface area contributed by atoms with Crippen LogP contribution in [0, 0.1) is 6.92 Å². The van der Waals surface area contributed by atoms with E-state index in [-0.39, 0.29) is 5.91 Å². The van der Waals surface area contributed by atoms with E-state index < -0.39 is 0 Å². The fraction of sp³-hybridized carbons (Fsp3) is 0.188. The van der Waals surface area contributed by atoms with Gasteiger partial charge in [0.1, 0.15) is 0 Å². The fourth-order valence-corrected chi connectivity index (χ4v) is 1.95. The molecule has 0 atom stereocenters. The molecule has 0 saturated heterocycles. The zero-order valence-electron chi connectivity index (χ0n) is 11.2. The second-order valence-corrected chi connectivity index (χ2v) is 4.51. The molecule has 2 aromatic carbocycles. The second-order valence-electron chi connectivity index (χ2n) is 4.51. The van der Waals surface area contributed by atoms with E-state index in [4.69, 9.17) is 0 Å². The van der Waals surface area contributed by atoms with Crippen molar-refractivity contribution in [2.45, 2.75) is 20.4 Å². The number of nitrogens with one attached hydrogen (secondary N) is 2. The number of hydrogen-bond donors (Lipinski definition) is 2. The van der Waals surface area contributed by atoms with Gasteiger partial charge >= 0.3 is 0 Å². The molecule has 3 nitrogen and oxygen atoms in total. The summed E-state index contributed by atoms with van der Waals surface area (Å²) >= 11 is 0. The largest absolute Gasteiger partial charge is 0.381 e. The van der Waals surface area contributed by atoms with E-state index in [0.717, 1.165) is 16.9 Å². The van der Waals surface area contributed by atoms with Gasteiger partial charge in [0, 0.05) is 24.8 Å². The van der Waals surface area contributed by atoms with Crippen molar-refractivity contribution in [3.63, 3.8) is 0 Å². The highest BCUT2D eigenvalue weighted by Gasteiger charge is 2.03. The molecule has 2 N–H and O–H groups in total. The summed E-state index contributed by atoms with van der Waals surface area (Å²) in [6.45, 7) is 4.27. The molecule has 0 radical (unpaired) electrons. The summed E-state index contributed by atoms with van der Waals surface area (Å²) in [6, 6.07) is 16.0. The number of carbonyl (C=O) groups excluding carboxylic acids is 1. The zero-order valence-corrected chi connectivity index (χ0v) is 11.2. The van der Waals surface area contributed by atoms with Crippen molar-refractivity contribution in [1.82, 2.24) is 0 Å². The van der Waals surface area contributed by atoms with Crippen molar-refractivity contribution in [2.75, 3.05) is 10.6 Å².